The largest absolute Gasteiger partial charge is 0.497 e. The Morgan fingerprint density at radius 1 is 1.50 bits per heavy atom. The van der Waals surface area contributed by atoms with Gasteiger partial charge in [-0.05, 0) is 30.7 Å². The minimum absolute atomic E-state index is 0.672. The second-order valence-corrected chi connectivity index (χ2v) is 3.35. The minimum atomic E-state index is 0.672. The number of nitrogens with two attached hydrogens (primary N) is 1. The normalized spacial score (nSPS) is 9.92. The van der Waals surface area contributed by atoms with Crippen LogP contribution in [0.15, 0.2) is 22.7 Å². The third kappa shape index (κ3) is 2.22. The number of hydrogen-bond donors (Lipinski definition) is 1. The Labute approximate surface area is 80.8 Å². The van der Waals surface area contributed by atoms with E-state index in [4.69, 9.17) is 10.5 Å². The predicted molar refractivity (Wildman–Crippen MR) is 53.5 cm³/mol. The Balaban J connectivity index is 2.87. The Hall–Kier alpha value is -0.540. The van der Waals surface area contributed by atoms with E-state index in [-0.39, 0.29) is 0 Å². The monoisotopic (exact) mass is 229 g/mol. The minimum Gasteiger partial charge on any atom is -0.497 e. The highest BCUT2D eigenvalue weighted by Crippen LogP contribution is 2.22. The smallest absolute Gasteiger partial charge is 0.120 e. The summed E-state index contributed by atoms with van der Waals surface area (Å²) < 4.78 is 6.13. The van der Waals surface area contributed by atoms with Crippen LogP contribution >= 0.6 is 15.9 Å². The molecule has 0 aliphatic rings. The molecule has 0 aliphatic carbocycles. The number of hydrogen-bond acceptors (Lipinski definition) is 2. The van der Waals surface area contributed by atoms with Gasteiger partial charge >= 0.3 is 0 Å². The highest BCUT2D eigenvalue weighted by atomic mass is 79.9. The highest BCUT2D eigenvalue weighted by molar-refractivity contribution is 9.10. The van der Waals surface area contributed by atoms with Crippen molar-refractivity contribution in [2.24, 2.45) is 5.73 Å². The van der Waals surface area contributed by atoms with Crippen molar-refractivity contribution in [3.05, 3.63) is 28.2 Å². The lowest BCUT2D eigenvalue weighted by Gasteiger charge is -2.04. The number of ether oxygens (including phenoxy) is 1. The van der Waals surface area contributed by atoms with Gasteiger partial charge in [0.15, 0.2) is 0 Å². The number of halogens is 1. The summed E-state index contributed by atoms with van der Waals surface area (Å²) in [4.78, 5) is 0. The molecule has 0 fully saturated rings. The van der Waals surface area contributed by atoms with E-state index in [1.165, 1.54) is 5.56 Å². The quantitative estimate of drug-likeness (QED) is 0.861. The Morgan fingerprint density at radius 2 is 2.25 bits per heavy atom. The molecule has 2 N–H and O–H groups in total. The Bertz CT molecular complexity index is 263. The molecule has 0 amide bonds. The van der Waals surface area contributed by atoms with E-state index in [9.17, 15) is 0 Å². The van der Waals surface area contributed by atoms with Crippen molar-refractivity contribution in [3.63, 3.8) is 0 Å². The van der Waals surface area contributed by atoms with Gasteiger partial charge in [-0.25, -0.2) is 0 Å². The molecular formula is C9H12BrNO. The molecule has 0 radical (unpaired) electrons. The van der Waals surface area contributed by atoms with Crippen LogP contribution in [0.4, 0.5) is 0 Å². The van der Waals surface area contributed by atoms with Crippen molar-refractivity contribution >= 4 is 15.9 Å². The molecule has 1 aromatic carbocycles. The van der Waals surface area contributed by atoms with Gasteiger partial charge in [0, 0.05) is 4.47 Å². The van der Waals surface area contributed by atoms with Crippen molar-refractivity contribution in [3.8, 4) is 5.75 Å². The molecule has 0 saturated carbocycles. The molecule has 0 bridgehead atoms. The second-order valence-electron chi connectivity index (χ2n) is 2.50. The summed E-state index contributed by atoms with van der Waals surface area (Å²) in [5.74, 6) is 0.864. The average Bonchev–Trinajstić information content (AvgIpc) is 2.09. The summed E-state index contributed by atoms with van der Waals surface area (Å²) in [7, 11) is 1.66. The zero-order chi connectivity index (χ0) is 8.97. The van der Waals surface area contributed by atoms with Crippen LogP contribution in [0.5, 0.6) is 5.75 Å². The first kappa shape index (κ1) is 9.55. The fourth-order valence-electron chi connectivity index (χ4n) is 1.01. The molecular weight excluding hydrogens is 218 g/mol. The van der Waals surface area contributed by atoms with E-state index < -0.39 is 0 Å². The summed E-state index contributed by atoms with van der Waals surface area (Å²) in [5.41, 5.74) is 6.67. The van der Waals surface area contributed by atoms with Gasteiger partial charge in [0.1, 0.15) is 5.75 Å². The Morgan fingerprint density at radius 3 is 2.75 bits per heavy atom. The van der Waals surface area contributed by atoms with Crippen molar-refractivity contribution < 1.29 is 4.74 Å². The van der Waals surface area contributed by atoms with Gasteiger partial charge in [-0.2, -0.15) is 0 Å². The van der Waals surface area contributed by atoms with Crippen LogP contribution in [0.2, 0.25) is 0 Å². The van der Waals surface area contributed by atoms with Crippen LogP contribution in [0.25, 0.3) is 0 Å². The van der Waals surface area contributed by atoms with Crippen molar-refractivity contribution in [1.29, 1.82) is 0 Å². The van der Waals surface area contributed by atoms with Crippen LogP contribution in [0.3, 0.4) is 0 Å². The summed E-state index contributed by atoms with van der Waals surface area (Å²) in [5, 5.41) is 0. The van der Waals surface area contributed by atoms with Gasteiger partial charge < -0.3 is 10.5 Å². The summed E-state index contributed by atoms with van der Waals surface area (Å²) in [6.45, 7) is 0.672. The van der Waals surface area contributed by atoms with E-state index in [0.29, 0.717) is 6.54 Å². The molecule has 0 aromatic heterocycles. The van der Waals surface area contributed by atoms with Crippen LogP contribution in [0.1, 0.15) is 5.56 Å². The van der Waals surface area contributed by atoms with E-state index in [1.807, 2.05) is 18.2 Å². The lowest BCUT2D eigenvalue weighted by molar-refractivity contribution is 0.414. The molecule has 2 nitrogen and oxygen atoms in total. The maximum absolute atomic E-state index is 5.45. The van der Waals surface area contributed by atoms with Gasteiger partial charge in [0.25, 0.3) is 0 Å². The van der Waals surface area contributed by atoms with Gasteiger partial charge in [-0.15, -0.1) is 0 Å². The predicted octanol–water partition coefficient (Wildman–Crippen LogP) is 1.96. The SMILES string of the molecule is COc1ccc(CCN)c(Br)c1. The molecule has 0 saturated heterocycles. The van der Waals surface area contributed by atoms with Crippen molar-refractivity contribution in [2.45, 2.75) is 6.42 Å². The lowest BCUT2D eigenvalue weighted by atomic mass is 10.1. The van der Waals surface area contributed by atoms with Crippen molar-refractivity contribution in [1.82, 2.24) is 0 Å². The fourth-order valence-corrected chi connectivity index (χ4v) is 1.57. The molecule has 0 atom stereocenters. The lowest BCUT2D eigenvalue weighted by Crippen LogP contribution is -2.03. The first-order valence-electron chi connectivity index (χ1n) is 3.80. The molecule has 12 heavy (non-hydrogen) atoms. The summed E-state index contributed by atoms with van der Waals surface area (Å²) in [6, 6.07) is 5.91. The van der Waals surface area contributed by atoms with Crippen molar-refractivity contribution in [2.75, 3.05) is 13.7 Å². The van der Waals surface area contributed by atoms with Gasteiger partial charge in [-0.1, -0.05) is 22.0 Å². The fraction of sp³-hybridized carbons (Fsp3) is 0.333. The van der Waals surface area contributed by atoms with Crippen LogP contribution in [-0.4, -0.2) is 13.7 Å². The zero-order valence-electron chi connectivity index (χ0n) is 7.01. The van der Waals surface area contributed by atoms with Gasteiger partial charge in [0.2, 0.25) is 0 Å². The first-order chi connectivity index (χ1) is 5.77. The van der Waals surface area contributed by atoms with E-state index in [1.54, 1.807) is 7.11 Å². The maximum Gasteiger partial charge on any atom is 0.120 e. The molecule has 0 aliphatic heterocycles. The topological polar surface area (TPSA) is 35.2 Å². The zero-order valence-corrected chi connectivity index (χ0v) is 8.60. The standard InChI is InChI=1S/C9H12BrNO/c1-12-8-3-2-7(4-5-11)9(10)6-8/h2-3,6H,4-5,11H2,1H3. The number of methoxy groups -OCH3 is 1. The maximum atomic E-state index is 5.45. The molecule has 0 unspecified atom stereocenters. The molecule has 1 aromatic rings. The van der Waals surface area contributed by atoms with Crippen LogP contribution in [-0.2, 0) is 6.42 Å². The molecule has 3 heteroatoms. The van der Waals surface area contributed by atoms with Crippen LogP contribution in [0, 0.1) is 0 Å². The molecule has 0 spiro atoms. The first-order valence-corrected chi connectivity index (χ1v) is 4.59. The van der Waals surface area contributed by atoms with Crippen LogP contribution < -0.4 is 10.5 Å². The highest BCUT2D eigenvalue weighted by Gasteiger charge is 1.99. The van der Waals surface area contributed by atoms with E-state index in [2.05, 4.69) is 15.9 Å². The molecule has 0 heterocycles. The van der Waals surface area contributed by atoms with E-state index in [0.717, 1.165) is 16.6 Å². The summed E-state index contributed by atoms with van der Waals surface area (Å²) >= 11 is 3.45. The van der Waals surface area contributed by atoms with E-state index >= 15 is 0 Å². The van der Waals surface area contributed by atoms with Gasteiger partial charge in [0.05, 0.1) is 7.11 Å². The average molecular weight is 230 g/mol. The third-order valence-electron chi connectivity index (χ3n) is 1.67. The number of benzene rings is 1. The molecule has 66 valence electrons. The van der Waals surface area contributed by atoms with Gasteiger partial charge in [-0.3, -0.25) is 0 Å². The molecule has 1 rings (SSSR count). The second kappa shape index (κ2) is 4.48. The third-order valence-corrected chi connectivity index (χ3v) is 2.41. The summed E-state index contributed by atoms with van der Waals surface area (Å²) in [6.07, 6.45) is 0.893. The number of rotatable bonds is 3. The Kier molecular flexibility index (Phi) is 3.56.